The summed E-state index contributed by atoms with van der Waals surface area (Å²) in [5.74, 6) is -0.250. The van der Waals surface area contributed by atoms with Crippen LogP contribution in [0.25, 0.3) is 10.9 Å². The van der Waals surface area contributed by atoms with Crippen molar-refractivity contribution in [1.82, 2.24) is 10.3 Å². The van der Waals surface area contributed by atoms with Crippen molar-refractivity contribution in [2.75, 3.05) is 11.4 Å². The maximum atomic E-state index is 12.2. The Kier molecular flexibility index (Phi) is 3.68. The molecule has 0 aliphatic carbocycles. The molecule has 3 amide bonds. The van der Waals surface area contributed by atoms with Gasteiger partial charge in [-0.25, -0.2) is 4.79 Å². The number of anilines is 1. The van der Waals surface area contributed by atoms with Gasteiger partial charge in [0, 0.05) is 41.2 Å². The van der Waals surface area contributed by atoms with Gasteiger partial charge in [0.25, 0.3) is 0 Å². The first-order valence-corrected chi connectivity index (χ1v) is 8.76. The van der Waals surface area contributed by atoms with Gasteiger partial charge in [0.2, 0.25) is 5.91 Å². The van der Waals surface area contributed by atoms with E-state index >= 15 is 0 Å². The van der Waals surface area contributed by atoms with Gasteiger partial charge in [0.1, 0.15) is 0 Å². The van der Waals surface area contributed by atoms with Crippen LogP contribution in [-0.4, -0.2) is 41.8 Å². The lowest BCUT2D eigenvalue weighted by molar-refractivity contribution is -0.120. The van der Waals surface area contributed by atoms with Crippen LogP contribution < -0.4 is 15.7 Å². The minimum Gasteiger partial charge on any atom is -0.399 e. The van der Waals surface area contributed by atoms with Crippen LogP contribution in [0.4, 0.5) is 10.5 Å². The Morgan fingerprint density at radius 1 is 1.12 bits per heavy atom. The number of imide groups is 1. The molecule has 2 aliphatic rings. The predicted octanol–water partition coefficient (Wildman–Crippen LogP) is 1.91. The summed E-state index contributed by atoms with van der Waals surface area (Å²) in [6.07, 6.45) is 2.13. The van der Waals surface area contributed by atoms with Gasteiger partial charge in [-0.1, -0.05) is 0 Å². The van der Waals surface area contributed by atoms with Crippen molar-refractivity contribution in [3.05, 3.63) is 24.4 Å². The van der Waals surface area contributed by atoms with Crippen LogP contribution in [0.15, 0.2) is 24.4 Å². The molecule has 136 valence electrons. The SMILES string of the molecule is CC1(C)OB(c2cc(N3CCC(=O)NC3=O)cc3cc[nH]c23)OC1(C)C. The molecule has 0 unspecified atom stereocenters. The molecule has 7 nitrogen and oxygen atoms in total. The molecule has 2 aliphatic heterocycles. The fourth-order valence-corrected chi connectivity index (χ4v) is 3.31. The van der Waals surface area contributed by atoms with E-state index in [1.54, 1.807) is 4.90 Å². The van der Waals surface area contributed by atoms with Crippen molar-refractivity contribution in [3.8, 4) is 0 Å². The van der Waals surface area contributed by atoms with Gasteiger partial charge in [0.05, 0.1) is 11.2 Å². The third-order valence-corrected chi connectivity index (χ3v) is 5.55. The summed E-state index contributed by atoms with van der Waals surface area (Å²) < 4.78 is 12.4. The number of fused-ring (bicyclic) bond motifs is 1. The average molecular weight is 355 g/mol. The highest BCUT2D eigenvalue weighted by Crippen LogP contribution is 2.37. The van der Waals surface area contributed by atoms with Crippen LogP contribution in [0, 0.1) is 0 Å². The highest BCUT2D eigenvalue weighted by molar-refractivity contribution is 6.65. The van der Waals surface area contributed by atoms with Crippen LogP contribution in [0.1, 0.15) is 34.1 Å². The molecule has 2 saturated heterocycles. The van der Waals surface area contributed by atoms with Crippen LogP contribution in [-0.2, 0) is 14.1 Å². The zero-order chi connectivity index (χ0) is 18.7. The van der Waals surface area contributed by atoms with Gasteiger partial charge < -0.3 is 14.3 Å². The smallest absolute Gasteiger partial charge is 0.399 e. The van der Waals surface area contributed by atoms with E-state index in [9.17, 15) is 9.59 Å². The molecule has 1 aromatic carbocycles. The van der Waals surface area contributed by atoms with E-state index in [1.165, 1.54) is 0 Å². The number of amides is 3. The monoisotopic (exact) mass is 355 g/mol. The number of rotatable bonds is 2. The molecule has 26 heavy (non-hydrogen) atoms. The molecule has 4 rings (SSSR count). The molecule has 2 N–H and O–H groups in total. The number of nitrogens with zero attached hydrogens (tertiary/aromatic N) is 1. The summed E-state index contributed by atoms with van der Waals surface area (Å²) in [5, 5.41) is 3.32. The number of aromatic nitrogens is 1. The summed E-state index contributed by atoms with van der Waals surface area (Å²) in [6, 6.07) is 5.36. The third kappa shape index (κ3) is 2.60. The van der Waals surface area contributed by atoms with E-state index in [4.69, 9.17) is 9.31 Å². The van der Waals surface area contributed by atoms with E-state index in [0.717, 1.165) is 16.4 Å². The van der Waals surface area contributed by atoms with Gasteiger partial charge in [0.15, 0.2) is 0 Å². The first-order chi connectivity index (χ1) is 12.2. The molecule has 0 saturated carbocycles. The lowest BCUT2D eigenvalue weighted by Crippen LogP contribution is -2.50. The van der Waals surface area contributed by atoms with Gasteiger partial charge in [-0.3, -0.25) is 15.0 Å². The molecule has 0 bridgehead atoms. The van der Waals surface area contributed by atoms with E-state index in [0.29, 0.717) is 12.2 Å². The average Bonchev–Trinajstić information content (AvgIpc) is 3.08. The minimum absolute atomic E-state index is 0.250. The van der Waals surface area contributed by atoms with Crippen LogP contribution >= 0.6 is 0 Å². The predicted molar refractivity (Wildman–Crippen MR) is 99.5 cm³/mol. The number of carbonyl (C=O) groups is 2. The number of nitrogens with one attached hydrogen (secondary N) is 2. The summed E-state index contributed by atoms with van der Waals surface area (Å²) in [7, 11) is -0.546. The fourth-order valence-electron chi connectivity index (χ4n) is 3.31. The molecule has 2 fully saturated rings. The number of aromatic amines is 1. The zero-order valence-electron chi connectivity index (χ0n) is 15.4. The Balaban J connectivity index is 1.77. The van der Waals surface area contributed by atoms with Crippen molar-refractivity contribution < 1.29 is 18.9 Å². The van der Waals surface area contributed by atoms with Crippen molar-refractivity contribution in [3.63, 3.8) is 0 Å². The Morgan fingerprint density at radius 3 is 2.46 bits per heavy atom. The lowest BCUT2D eigenvalue weighted by Gasteiger charge is -2.32. The summed E-state index contributed by atoms with van der Waals surface area (Å²) in [6.45, 7) is 8.38. The normalized spacial score (nSPS) is 22.2. The fraction of sp³-hybridized carbons (Fsp3) is 0.444. The molecule has 2 aromatic rings. The molecule has 0 atom stereocenters. The van der Waals surface area contributed by atoms with E-state index in [-0.39, 0.29) is 12.3 Å². The van der Waals surface area contributed by atoms with E-state index < -0.39 is 24.4 Å². The maximum absolute atomic E-state index is 12.2. The van der Waals surface area contributed by atoms with Gasteiger partial charge in [-0.2, -0.15) is 0 Å². The molecular weight excluding hydrogens is 333 g/mol. The van der Waals surface area contributed by atoms with Crippen molar-refractivity contribution in [2.24, 2.45) is 0 Å². The number of H-pyrrole nitrogens is 1. The number of urea groups is 1. The van der Waals surface area contributed by atoms with Crippen molar-refractivity contribution >= 4 is 41.1 Å². The number of hydrogen-bond acceptors (Lipinski definition) is 4. The third-order valence-electron chi connectivity index (χ3n) is 5.55. The number of hydrogen-bond donors (Lipinski definition) is 2. The van der Waals surface area contributed by atoms with Gasteiger partial charge >= 0.3 is 13.1 Å². The summed E-state index contributed by atoms with van der Waals surface area (Å²) >= 11 is 0. The Hall–Kier alpha value is -2.32. The van der Waals surface area contributed by atoms with Crippen LogP contribution in [0.3, 0.4) is 0 Å². The standard InChI is InChI=1S/C18H22BN3O4/c1-17(2)18(3,4)26-19(25-17)13-10-12(9-11-5-7-20-15(11)13)22-8-6-14(23)21-16(22)24/h5,7,9-10,20H,6,8H2,1-4H3,(H,21,23,24). The Morgan fingerprint density at radius 2 is 1.81 bits per heavy atom. The molecule has 1 aromatic heterocycles. The highest BCUT2D eigenvalue weighted by Gasteiger charge is 2.52. The van der Waals surface area contributed by atoms with Gasteiger partial charge in [-0.05, 0) is 45.9 Å². The first-order valence-electron chi connectivity index (χ1n) is 8.76. The topological polar surface area (TPSA) is 83.7 Å². The van der Waals surface area contributed by atoms with E-state index in [2.05, 4.69) is 10.3 Å². The molecule has 8 heteroatoms. The molecular formula is C18H22BN3O4. The second-order valence-corrected chi connectivity index (χ2v) is 7.82. The first kappa shape index (κ1) is 17.1. The Labute approximate surface area is 152 Å². The number of carbonyl (C=O) groups excluding carboxylic acids is 2. The molecule has 0 spiro atoms. The van der Waals surface area contributed by atoms with Crippen molar-refractivity contribution in [2.45, 2.75) is 45.3 Å². The highest BCUT2D eigenvalue weighted by atomic mass is 16.7. The largest absolute Gasteiger partial charge is 0.497 e. The quantitative estimate of drug-likeness (QED) is 0.807. The summed E-state index contributed by atoms with van der Waals surface area (Å²) in [5.41, 5.74) is 1.56. The lowest BCUT2D eigenvalue weighted by atomic mass is 9.77. The van der Waals surface area contributed by atoms with Crippen molar-refractivity contribution in [1.29, 1.82) is 0 Å². The van der Waals surface area contributed by atoms with Crippen LogP contribution in [0.5, 0.6) is 0 Å². The Bertz CT molecular complexity index is 889. The molecule has 0 radical (unpaired) electrons. The van der Waals surface area contributed by atoms with E-state index in [1.807, 2.05) is 52.1 Å². The minimum atomic E-state index is -0.546. The second kappa shape index (κ2) is 5.59. The van der Waals surface area contributed by atoms with Crippen LogP contribution in [0.2, 0.25) is 0 Å². The number of benzene rings is 1. The molecule has 3 heterocycles. The maximum Gasteiger partial charge on any atom is 0.497 e. The summed E-state index contributed by atoms with van der Waals surface area (Å²) in [4.78, 5) is 28.5. The van der Waals surface area contributed by atoms with Gasteiger partial charge in [-0.15, -0.1) is 0 Å². The zero-order valence-corrected chi connectivity index (χ0v) is 15.4. The second-order valence-electron chi connectivity index (χ2n) is 7.82.